The van der Waals surface area contributed by atoms with E-state index in [1.807, 2.05) is 0 Å². The first-order valence-electron chi connectivity index (χ1n) is 6.42. The molecule has 0 aliphatic heterocycles. The molecule has 1 unspecified atom stereocenters. The van der Waals surface area contributed by atoms with Crippen molar-refractivity contribution in [3.63, 3.8) is 0 Å². The number of carbonyl (C=O) groups is 1. The third kappa shape index (κ3) is 5.66. The van der Waals surface area contributed by atoms with Crippen LogP contribution in [0.2, 0.25) is 0 Å². The monoisotopic (exact) mass is 281 g/mol. The van der Waals surface area contributed by atoms with E-state index >= 15 is 0 Å². The van der Waals surface area contributed by atoms with Crippen LogP contribution in [0.5, 0.6) is 0 Å². The van der Waals surface area contributed by atoms with E-state index < -0.39 is 11.0 Å². The topological polar surface area (TPSA) is 104 Å². The van der Waals surface area contributed by atoms with Crippen molar-refractivity contribution in [3.05, 3.63) is 34.4 Å². The lowest BCUT2D eigenvalue weighted by Gasteiger charge is -2.08. The van der Waals surface area contributed by atoms with Crippen molar-refractivity contribution in [1.82, 2.24) is 5.32 Å². The second-order valence-corrected chi connectivity index (χ2v) is 4.44. The van der Waals surface area contributed by atoms with E-state index in [1.165, 1.54) is 6.07 Å². The number of carbonyl (C=O) groups excluding carboxylic acids is 1. The summed E-state index contributed by atoms with van der Waals surface area (Å²) in [5.74, 6) is -0.156. The maximum absolute atomic E-state index is 11.5. The second-order valence-electron chi connectivity index (χ2n) is 4.44. The number of aliphatic hydroxyl groups is 1. The molecule has 0 aliphatic rings. The maximum atomic E-state index is 11.5. The lowest BCUT2D eigenvalue weighted by Crippen LogP contribution is -2.28. The van der Waals surface area contributed by atoms with Crippen molar-refractivity contribution in [2.75, 3.05) is 18.4 Å². The van der Waals surface area contributed by atoms with E-state index in [2.05, 4.69) is 10.6 Å². The van der Waals surface area contributed by atoms with Gasteiger partial charge in [0.15, 0.2) is 0 Å². The first kappa shape index (κ1) is 15.9. The van der Waals surface area contributed by atoms with Gasteiger partial charge < -0.3 is 15.7 Å². The van der Waals surface area contributed by atoms with Crippen LogP contribution in [0.25, 0.3) is 0 Å². The van der Waals surface area contributed by atoms with Crippen LogP contribution in [-0.4, -0.2) is 35.1 Å². The summed E-state index contributed by atoms with van der Waals surface area (Å²) in [6.07, 6.45) is 0.273. The van der Waals surface area contributed by atoms with E-state index in [0.717, 1.165) is 0 Å². The first-order valence-corrected chi connectivity index (χ1v) is 6.42. The van der Waals surface area contributed by atoms with Gasteiger partial charge in [0.2, 0.25) is 5.91 Å². The van der Waals surface area contributed by atoms with Gasteiger partial charge in [0.25, 0.3) is 5.69 Å². The molecular formula is C13H19N3O4. The molecule has 0 spiro atoms. The first-order chi connectivity index (χ1) is 9.50. The summed E-state index contributed by atoms with van der Waals surface area (Å²) >= 11 is 0. The summed E-state index contributed by atoms with van der Waals surface area (Å²) in [4.78, 5) is 21.8. The smallest absolute Gasteiger partial charge is 0.292 e. The molecule has 3 N–H and O–H groups in total. The molecule has 0 radical (unpaired) electrons. The largest absolute Gasteiger partial charge is 0.393 e. The molecule has 1 aromatic carbocycles. The maximum Gasteiger partial charge on any atom is 0.292 e. The Balaban J connectivity index is 2.34. The summed E-state index contributed by atoms with van der Waals surface area (Å²) in [7, 11) is 0. The third-order valence-corrected chi connectivity index (χ3v) is 2.65. The molecule has 0 saturated carbocycles. The summed E-state index contributed by atoms with van der Waals surface area (Å²) in [6.45, 7) is 2.38. The highest BCUT2D eigenvalue weighted by atomic mass is 16.6. The highest BCUT2D eigenvalue weighted by molar-refractivity contribution is 5.76. The van der Waals surface area contributed by atoms with Crippen LogP contribution in [0, 0.1) is 10.1 Å². The summed E-state index contributed by atoms with van der Waals surface area (Å²) in [5, 5.41) is 25.4. The molecule has 0 fully saturated rings. The molecule has 20 heavy (non-hydrogen) atoms. The molecule has 7 nitrogen and oxygen atoms in total. The zero-order valence-electron chi connectivity index (χ0n) is 11.3. The Morgan fingerprint density at radius 3 is 2.75 bits per heavy atom. The molecule has 0 aromatic heterocycles. The summed E-state index contributed by atoms with van der Waals surface area (Å²) in [5.41, 5.74) is 0.385. The normalized spacial score (nSPS) is 11.7. The standard InChI is InChI=1S/C13H19N3O4/c1-10(17)6-8-15-13(18)7-9-14-11-4-2-3-5-12(11)16(19)20/h2-5,10,14,17H,6-9H2,1H3,(H,15,18). The molecule has 0 saturated heterocycles. The van der Waals surface area contributed by atoms with Crippen LogP contribution < -0.4 is 10.6 Å². The zero-order valence-corrected chi connectivity index (χ0v) is 11.3. The van der Waals surface area contributed by atoms with Gasteiger partial charge in [-0.2, -0.15) is 0 Å². The number of hydrogen-bond donors (Lipinski definition) is 3. The minimum atomic E-state index is -0.467. The number of aliphatic hydroxyl groups excluding tert-OH is 1. The molecule has 1 aromatic rings. The Labute approximate surface area is 117 Å². The minimum absolute atomic E-state index is 0.0120. The van der Waals surface area contributed by atoms with Gasteiger partial charge in [-0.3, -0.25) is 14.9 Å². The fraction of sp³-hybridized carbons (Fsp3) is 0.462. The number of nitrogens with zero attached hydrogens (tertiary/aromatic N) is 1. The van der Waals surface area contributed by atoms with Gasteiger partial charge >= 0.3 is 0 Å². The molecule has 0 bridgehead atoms. The number of nitrogens with one attached hydrogen (secondary N) is 2. The number of hydrogen-bond acceptors (Lipinski definition) is 5. The lowest BCUT2D eigenvalue weighted by molar-refractivity contribution is -0.384. The molecule has 1 rings (SSSR count). The quantitative estimate of drug-likeness (QED) is 0.492. The van der Waals surface area contributed by atoms with Crippen molar-refractivity contribution >= 4 is 17.3 Å². The van der Waals surface area contributed by atoms with Gasteiger partial charge in [0, 0.05) is 25.6 Å². The Morgan fingerprint density at radius 1 is 1.40 bits per heavy atom. The van der Waals surface area contributed by atoms with E-state index in [9.17, 15) is 14.9 Å². The van der Waals surface area contributed by atoms with Crippen LogP contribution in [-0.2, 0) is 4.79 Å². The van der Waals surface area contributed by atoms with Crippen molar-refractivity contribution in [2.24, 2.45) is 0 Å². The van der Waals surface area contributed by atoms with E-state index in [1.54, 1.807) is 25.1 Å². The highest BCUT2D eigenvalue weighted by Gasteiger charge is 2.11. The molecule has 0 aliphatic carbocycles. The number of rotatable bonds is 8. The van der Waals surface area contributed by atoms with Gasteiger partial charge in [-0.25, -0.2) is 0 Å². The van der Waals surface area contributed by atoms with Crippen molar-refractivity contribution in [3.8, 4) is 0 Å². The number of amides is 1. The Bertz CT molecular complexity index is 463. The molecule has 1 amide bonds. The van der Waals surface area contributed by atoms with Gasteiger partial charge in [0.05, 0.1) is 11.0 Å². The van der Waals surface area contributed by atoms with Crippen molar-refractivity contribution < 1.29 is 14.8 Å². The highest BCUT2D eigenvalue weighted by Crippen LogP contribution is 2.22. The Kier molecular flexibility index (Phi) is 6.45. The van der Waals surface area contributed by atoms with Crippen LogP contribution in [0.4, 0.5) is 11.4 Å². The fourth-order valence-electron chi connectivity index (χ4n) is 1.60. The second kappa shape index (κ2) is 8.11. The minimum Gasteiger partial charge on any atom is -0.393 e. The summed E-state index contributed by atoms with van der Waals surface area (Å²) in [6, 6.07) is 6.29. The average molecular weight is 281 g/mol. The SMILES string of the molecule is CC(O)CCNC(=O)CCNc1ccccc1[N+](=O)[O-]. The van der Waals surface area contributed by atoms with Gasteiger partial charge in [-0.15, -0.1) is 0 Å². The van der Waals surface area contributed by atoms with Crippen molar-refractivity contribution in [1.29, 1.82) is 0 Å². The van der Waals surface area contributed by atoms with Gasteiger partial charge in [-0.05, 0) is 19.4 Å². The number of para-hydroxylation sites is 2. The zero-order chi connectivity index (χ0) is 15.0. The van der Waals surface area contributed by atoms with Crippen LogP contribution in [0.1, 0.15) is 19.8 Å². The van der Waals surface area contributed by atoms with Crippen LogP contribution >= 0.6 is 0 Å². The number of nitro groups is 1. The van der Waals surface area contributed by atoms with Crippen molar-refractivity contribution in [2.45, 2.75) is 25.9 Å². The Morgan fingerprint density at radius 2 is 2.10 bits per heavy atom. The predicted octanol–water partition coefficient (Wildman–Crippen LogP) is 1.28. The number of nitro benzene ring substituents is 1. The van der Waals surface area contributed by atoms with E-state index in [4.69, 9.17) is 5.11 Å². The lowest BCUT2D eigenvalue weighted by atomic mass is 10.2. The van der Waals surface area contributed by atoms with Crippen LogP contribution in [0.3, 0.4) is 0 Å². The summed E-state index contributed by atoms with van der Waals surface area (Å²) < 4.78 is 0. The molecule has 1 atom stereocenters. The molecule has 0 heterocycles. The van der Waals surface area contributed by atoms with E-state index in [0.29, 0.717) is 25.2 Å². The Hall–Kier alpha value is -2.15. The van der Waals surface area contributed by atoms with Crippen LogP contribution in [0.15, 0.2) is 24.3 Å². The molecule has 7 heteroatoms. The van der Waals surface area contributed by atoms with Gasteiger partial charge in [0.1, 0.15) is 5.69 Å². The fourth-order valence-corrected chi connectivity index (χ4v) is 1.60. The third-order valence-electron chi connectivity index (χ3n) is 2.65. The number of benzene rings is 1. The molecular weight excluding hydrogens is 262 g/mol. The van der Waals surface area contributed by atoms with E-state index in [-0.39, 0.29) is 18.0 Å². The average Bonchev–Trinajstić information content (AvgIpc) is 2.38. The number of anilines is 1. The van der Waals surface area contributed by atoms with Gasteiger partial charge in [-0.1, -0.05) is 12.1 Å². The predicted molar refractivity (Wildman–Crippen MR) is 75.5 cm³/mol. The molecule has 110 valence electrons.